The van der Waals surface area contributed by atoms with E-state index in [1.807, 2.05) is 18.2 Å². The lowest BCUT2D eigenvalue weighted by Crippen LogP contribution is -1.92. The van der Waals surface area contributed by atoms with E-state index in [-0.39, 0.29) is 0 Å². The molecule has 0 bridgehead atoms. The summed E-state index contributed by atoms with van der Waals surface area (Å²) in [5.41, 5.74) is 6.36. The van der Waals surface area contributed by atoms with Gasteiger partial charge >= 0.3 is 0 Å². The summed E-state index contributed by atoms with van der Waals surface area (Å²) in [6.07, 6.45) is 0. The molecular formula is C16H18O. The fourth-order valence-corrected chi connectivity index (χ4v) is 2.12. The zero-order valence-electron chi connectivity index (χ0n) is 10.9. The van der Waals surface area contributed by atoms with Gasteiger partial charge in [-0.1, -0.05) is 30.3 Å². The quantitative estimate of drug-likeness (QED) is 0.742. The van der Waals surface area contributed by atoms with Crippen LogP contribution in [0.1, 0.15) is 16.7 Å². The number of aryl methyl sites for hydroxylation is 3. The van der Waals surface area contributed by atoms with Gasteiger partial charge in [-0.15, -0.1) is 0 Å². The fraction of sp³-hybridized carbons (Fsp3) is 0.250. The fourth-order valence-electron chi connectivity index (χ4n) is 2.12. The van der Waals surface area contributed by atoms with Crippen LogP contribution in [0.4, 0.5) is 0 Å². The highest BCUT2D eigenvalue weighted by Crippen LogP contribution is 2.33. The first-order chi connectivity index (χ1) is 8.13. The maximum absolute atomic E-state index is 5.42. The lowest BCUT2D eigenvalue weighted by atomic mass is 9.95. The maximum atomic E-state index is 5.42. The lowest BCUT2D eigenvalue weighted by Gasteiger charge is -2.13. The Bertz CT molecular complexity index is 541. The van der Waals surface area contributed by atoms with Gasteiger partial charge in [0.25, 0.3) is 0 Å². The molecule has 0 unspecified atom stereocenters. The van der Waals surface area contributed by atoms with Crippen molar-refractivity contribution in [3.8, 4) is 16.9 Å². The van der Waals surface area contributed by atoms with Gasteiger partial charge in [0.15, 0.2) is 0 Å². The smallest absolute Gasteiger partial charge is 0.126 e. The van der Waals surface area contributed by atoms with Crippen molar-refractivity contribution in [2.75, 3.05) is 7.11 Å². The molecule has 2 rings (SSSR count). The monoisotopic (exact) mass is 226 g/mol. The van der Waals surface area contributed by atoms with Gasteiger partial charge < -0.3 is 4.74 Å². The number of ether oxygens (including phenoxy) is 1. The number of rotatable bonds is 2. The van der Waals surface area contributed by atoms with Crippen molar-refractivity contribution in [1.29, 1.82) is 0 Å². The van der Waals surface area contributed by atoms with E-state index in [9.17, 15) is 0 Å². The zero-order valence-corrected chi connectivity index (χ0v) is 10.9. The number of hydrogen-bond acceptors (Lipinski definition) is 1. The van der Waals surface area contributed by atoms with Gasteiger partial charge in [0.2, 0.25) is 0 Å². The first-order valence-corrected chi connectivity index (χ1v) is 5.84. The van der Waals surface area contributed by atoms with E-state index in [2.05, 4.69) is 39.0 Å². The first kappa shape index (κ1) is 11.7. The molecule has 0 saturated heterocycles. The summed E-state index contributed by atoms with van der Waals surface area (Å²) in [4.78, 5) is 0. The average molecular weight is 226 g/mol. The summed E-state index contributed by atoms with van der Waals surface area (Å²) in [5, 5.41) is 0. The largest absolute Gasteiger partial charge is 0.496 e. The normalized spacial score (nSPS) is 10.4. The van der Waals surface area contributed by atoms with Gasteiger partial charge in [0.1, 0.15) is 5.75 Å². The molecule has 0 amide bonds. The molecule has 2 aromatic rings. The van der Waals surface area contributed by atoms with Crippen LogP contribution in [-0.4, -0.2) is 7.11 Å². The SMILES string of the molecule is COc1ccccc1-c1cc(C)c(C)cc1C. The molecule has 17 heavy (non-hydrogen) atoms. The van der Waals surface area contributed by atoms with E-state index in [1.165, 1.54) is 22.3 Å². The Kier molecular flexibility index (Phi) is 3.19. The van der Waals surface area contributed by atoms with E-state index in [1.54, 1.807) is 7.11 Å². The molecule has 2 aromatic carbocycles. The van der Waals surface area contributed by atoms with Crippen LogP contribution in [0.2, 0.25) is 0 Å². The van der Waals surface area contributed by atoms with Crippen LogP contribution >= 0.6 is 0 Å². The Morgan fingerprint density at radius 1 is 0.765 bits per heavy atom. The van der Waals surface area contributed by atoms with E-state index in [4.69, 9.17) is 4.74 Å². The Morgan fingerprint density at radius 3 is 2.12 bits per heavy atom. The van der Waals surface area contributed by atoms with Gasteiger partial charge in [0.05, 0.1) is 7.11 Å². The summed E-state index contributed by atoms with van der Waals surface area (Å²) >= 11 is 0. The summed E-state index contributed by atoms with van der Waals surface area (Å²) in [6.45, 7) is 6.44. The van der Waals surface area contributed by atoms with Crippen molar-refractivity contribution in [2.45, 2.75) is 20.8 Å². The van der Waals surface area contributed by atoms with Crippen molar-refractivity contribution in [2.24, 2.45) is 0 Å². The highest BCUT2D eigenvalue weighted by atomic mass is 16.5. The molecule has 0 atom stereocenters. The molecule has 0 saturated carbocycles. The Hall–Kier alpha value is -1.76. The van der Waals surface area contributed by atoms with Crippen LogP contribution in [0, 0.1) is 20.8 Å². The van der Waals surface area contributed by atoms with Crippen LogP contribution in [0.3, 0.4) is 0 Å². The molecule has 0 heterocycles. The highest BCUT2D eigenvalue weighted by molar-refractivity contribution is 5.74. The van der Waals surface area contributed by atoms with Crippen LogP contribution in [0.15, 0.2) is 36.4 Å². The minimum absolute atomic E-state index is 0.929. The summed E-state index contributed by atoms with van der Waals surface area (Å²) in [5.74, 6) is 0.929. The van der Waals surface area contributed by atoms with E-state index in [0.29, 0.717) is 0 Å². The molecule has 0 radical (unpaired) electrons. The van der Waals surface area contributed by atoms with Crippen molar-refractivity contribution < 1.29 is 4.74 Å². The first-order valence-electron chi connectivity index (χ1n) is 5.84. The third-order valence-corrected chi connectivity index (χ3v) is 3.24. The van der Waals surface area contributed by atoms with Crippen LogP contribution in [0.25, 0.3) is 11.1 Å². The lowest BCUT2D eigenvalue weighted by molar-refractivity contribution is 0.416. The number of para-hydroxylation sites is 1. The molecular weight excluding hydrogens is 208 g/mol. The summed E-state index contributed by atoms with van der Waals surface area (Å²) < 4.78 is 5.42. The van der Waals surface area contributed by atoms with Gasteiger partial charge in [-0.3, -0.25) is 0 Å². The van der Waals surface area contributed by atoms with Crippen molar-refractivity contribution >= 4 is 0 Å². The van der Waals surface area contributed by atoms with Crippen LogP contribution in [0.5, 0.6) is 5.75 Å². The van der Waals surface area contributed by atoms with Gasteiger partial charge in [-0.05, 0) is 49.1 Å². The van der Waals surface area contributed by atoms with Gasteiger partial charge in [-0.2, -0.15) is 0 Å². The second kappa shape index (κ2) is 4.62. The minimum Gasteiger partial charge on any atom is -0.496 e. The Morgan fingerprint density at radius 2 is 1.41 bits per heavy atom. The van der Waals surface area contributed by atoms with Crippen LogP contribution < -0.4 is 4.74 Å². The topological polar surface area (TPSA) is 9.23 Å². The van der Waals surface area contributed by atoms with Gasteiger partial charge in [0, 0.05) is 5.56 Å². The number of methoxy groups -OCH3 is 1. The number of hydrogen-bond donors (Lipinski definition) is 0. The zero-order chi connectivity index (χ0) is 12.4. The Labute approximate surface area is 103 Å². The Balaban J connectivity index is 2.64. The molecule has 0 aromatic heterocycles. The highest BCUT2D eigenvalue weighted by Gasteiger charge is 2.08. The molecule has 0 spiro atoms. The van der Waals surface area contributed by atoms with Gasteiger partial charge in [-0.25, -0.2) is 0 Å². The third-order valence-electron chi connectivity index (χ3n) is 3.24. The average Bonchev–Trinajstić information content (AvgIpc) is 2.34. The molecule has 0 aliphatic rings. The molecule has 88 valence electrons. The predicted molar refractivity (Wildman–Crippen MR) is 72.6 cm³/mol. The second-order valence-electron chi connectivity index (χ2n) is 4.45. The maximum Gasteiger partial charge on any atom is 0.126 e. The van der Waals surface area contributed by atoms with Crippen molar-refractivity contribution in [3.05, 3.63) is 53.1 Å². The third kappa shape index (κ3) is 2.19. The van der Waals surface area contributed by atoms with Crippen LogP contribution in [-0.2, 0) is 0 Å². The van der Waals surface area contributed by atoms with Crippen molar-refractivity contribution in [3.63, 3.8) is 0 Å². The molecule has 0 aliphatic heterocycles. The molecule has 1 nitrogen and oxygen atoms in total. The van der Waals surface area contributed by atoms with Crippen molar-refractivity contribution in [1.82, 2.24) is 0 Å². The molecule has 0 N–H and O–H groups in total. The molecule has 0 fully saturated rings. The van der Waals surface area contributed by atoms with E-state index < -0.39 is 0 Å². The standard InChI is InChI=1S/C16H18O/c1-11-9-13(3)15(10-12(11)2)14-7-5-6-8-16(14)17-4/h5-10H,1-4H3. The summed E-state index contributed by atoms with van der Waals surface area (Å²) in [7, 11) is 1.72. The minimum atomic E-state index is 0.929. The summed E-state index contributed by atoms with van der Waals surface area (Å²) in [6, 6.07) is 12.6. The molecule has 0 aliphatic carbocycles. The van der Waals surface area contributed by atoms with E-state index >= 15 is 0 Å². The number of benzene rings is 2. The second-order valence-corrected chi connectivity index (χ2v) is 4.45. The predicted octanol–water partition coefficient (Wildman–Crippen LogP) is 4.29. The van der Waals surface area contributed by atoms with E-state index in [0.717, 1.165) is 11.3 Å². The molecule has 1 heteroatoms.